The lowest BCUT2D eigenvalue weighted by Gasteiger charge is -2.11. The molecular weight excluding hydrogens is 428 g/mol. The van der Waals surface area contributed by atoms with Gasteiger partial charge in [-0.25, -0.2) is 0 Å². The van der Waals surface area contributed by atoms with Crippen molar-refractivity contribution in [2.75, 3.05) is 0 Å². The quantitative estimate of drug-likeness (QED) is 0.477. The van der Waals surface area contributed by atoms with Crippen molar-refractivity contribution in [2.45, 2.75) is 18.7 Å². The van der Waals surface area contributed by atoms with Crippen molar-refractivity contribution in [3.05, 3.63) is 54.1 Å². The summed E-state index contributed by atoms with van der Waals surface area (Å²) in [6, 6.07) is 8.61. The van der Waals surface area contributed by atoms with Crippen LogP contribution in [-0.4, -0.2) is 0 Å². The van der Waals surface area contributed by atoms with E-state index >= 15 is 0 Å². The topological polar surface area (TPSA) is 0 Å². The molecule has 1 heterocycles. The van der Waals surface area contributed by atoms with Crippen LogP contribution >= 0.6 is 59.1 Å². The monoisotopic (exact) mass is 436 g/mol. The van der Waals surface area contributed by atoms with Gasteiger partial charge in [-0.2, -0.15) is 0 Å². The molecule has 0 aliphatic carbocycles. The number of rotatable bonds is 2. The van der Waals surface area contributed by atoms with E-state index in [1.807, 2.05) is 11.3 Å². The minimum absolute atomic E-state index is 0.269. The molecule has 2 rings (SSSR count). The third-order valence-corrected chi connectivity index (χ3v) is 6.62. The summed E-state index contributed by atoms with van der Waals surface area (Å²) >= 11 is 12.7. The number of thiophene rings is 1. The Morgan fingerprint density at radius 1 is 1.12 bits per heavy atom. The molecule has 1 aromatic carbocycles. The van der Waals surface area contributed by atoms with E-state index in [9.17, 15) is 0 Å². The molecule has 1 aromatic heterocycles. The second-order valence-corrected chi connectivity index (χ2v) is 7.89. The summed E-state index contributed by atoms with van der Waals surface area (Å²) in [5.41, 5.74) is 2.62. The van der Waals surface area contributed by atoms with Gasteiger partial charge in [-0.15, -0.1) is 11.3 Å². The number of hydrogen-bond donors (Lipinski definition) is 0. The molecule has 0 spiro atoms. The first-order chi connectivity index (χ1) is 7.99. The Bertz CT molecular complexity index is 526. The maximum absolute atomic E-state index is 3.79. The third-order valence-electron chi connectivity index (χ3n) is 2.63. The summed E-state index contributed by atoms with van der Waals surface area (Å²) in [5, 5.41) is 0. The lowest BCUT2D eigenvalue weighted by atomic mass is 10.1. The van der Waals surface area contributed by atoms with Gasteiger partial charge >= 0.3 is 0 Å². The summed E-state index contributed by atoms with van der Waals surface area (Å²) in [5.74, 6) is 0. The van der Waals surface area contributed by atoms with E-state index in [0.29, 0.717) is 0 Å². The highest BCUT2D eigenvalue weighted by Crippen LogP contribution is 2.40. The van der Waals surface area contributed by atoms with Crippen LogP contribution < -0.4 is 0 Å². The minimum atomic E-state index is 0.269. The van der Waals surface area contributed by atoms with E-state index < -0.39 is 0 Å². The molecule has 0 saturated heterocycles. The fraction of sp³-hybridized carbons (Fsp3) is 0.231. The molecule has 0 N–H and O–H groups in total. The number of hydrogen-bond acceptors (Lipinski definition) is 1. The van der Waals surface area contributed by atoms with Crippen molar-refractivity contribution in [1.29, 1.82) is 0 Å². The van der Waals surface area contributed by atoms with Crippen LogP contribution in [0.15, 0.2) is 33.2 Å². The van der Waals surface area contributed by atoms with Gasteiger partial charge in [0.25, 0.3) is 0 Å². The summed E-state index contributed by atoms with van der Waals surface area (Å²) in [4.78, 5) is 2.92. The van der Waals surface area contributed by atoms with E-state index in [0.717, 1.165) is 4.47 Å². The van der Waals surface area contributed by atoms with Crippen LogP contribution in [0, 0.1) is 13.8 Å². The molecule has 0 radical (unpaired) electrons. The van der Waals surface area contributed by atoms with E-state index in [1.165, 1.54) is 25.4 Å². The lowest BCUT2D eigenvalue weighted by Crippen LogP contribution is -1.93. The second kappa shape index (κ2) is 5.55. The van der Waals surface area contributed by atoms with Gasteiger partial charge < -0.3 is 0 Å². The fourth-order valence-electron chi connectivity index (χ4n) is 1.68. The van der Waals surface area contributed by atoms with E-state index in [4.69, 9.17) is 0 Å². The minimum Gasteiger partial charge on any atom is -0.143 e. The maximum Gasteiger partial charge on any atom is 0.0741 e. The molecule has 0 aliphatic heterocycles. The standard InChI is InChI=1S/C13H11Br3S/c1-7-5-9(14)3-4-10(7)13(16)12-6-11(15)8(2)17-12/h3-6,13H,1-2H3. The Hall–Kier alpha value is 0.360. The molecule has 90 valence electrons. The highest BCUT2D eigenvalue weighted by atomic mass is 79.9. The molecule has 0 aliphatic rings. The Balaban J connectivity index is 2.39. The normalized spacial score (nSPS) is 12.8. The third kappa shape index (κ3) is 3.03. The van der Waals surface area contributed by atoms with Gasteiger partial charge in [0, 0.05) is 18.7 Å². The van der Waals surface area contributed by atoms with Crippen LogP contribution in [-0.2, 0) is 0 Å². The molecule has 17 heavy (non-hydrogen) atoms. The molecule has 0 nitrogen and oxygen atoms in total. The summed E-state index contributed by atoms with van der Waals surface area (Å²) < 4.78 is 2.32. The molecule has 0 bridgehead atoms. The van der Waals surface area contributed by atoms with E-state index in [-0.39, 0.29) is 4.83 Å². The molecule has 0 saturated carbocycles. The zero-order valence-electron chi connectivity index (χ0n) is 9.43. The van der Waals surface area contributed by atoms with Gasteiger partial charge in [0.15, 0.2) is 0 Å². The Kier molecular flexibility index (Phi) is 4.50. The summed E-state index contributed by atoms with van der Waals surface area (Å²) in [6.07, 6.45) is 0. The summed E-state index contributed by atoms with van der Waals surface area (Å²) in [6.45, 7) is 4.27. The van der Waals surface area contributed by atoms with Crippen LogP contribution in [0.3, 0.4) is 0 Å². The highest BCUT2D eigenvalue weighted by Gasteiger charge is 2.16. The van der Waals surface area contributed by atoms with E-state index in [2.05, 4.69) is 85.9 Å². The number of aryl methyl sites for hydroxylation is 2. The molecule has 2 aromatic rings. The van der Waals surface area contributed by atoms with Gasteiger partial charge in [-0.3, -0.25) is 0 Å². The Morgan fingerprint density at radius 2 is 1.82 bits per heavy atom. The van der Waals surface area contributed by atoms with Crippen LogP contribution in [0.2, 0.25) is 0 Å². The molecular formula is C13H11Br3S. The van der Waals surface area contributed by atoms with E-state index in [1.54, 1.807) is 0 Å². The van der Waals surface area contributed by atoms with Crippen LogP contribution in [0.5, 0.6) is 0 Å². The average Bonchev–Trinajstić information content (AvgIpc) is 2.58. The molecule has 1 atom stereocenters. The van der Waals surface area contributed by atoms with Crippen LogP contribution in [0.4, 0.5) is 0 Å². The smallest absolute Gasteiger partial charge is 0.0741 e. The van der Waals surface area contributed by atoms with Crippen LogP contribution in [0.1, 0.15) is 25.7 Å². The van der Waals surface area contributed by atoms with Crippen molar-refractivity contribution in [3.8, 4) is 0 Å². The first-order valence-electron chi connectivity index (χ1n) is 5.15. The lowest BCUT2D eigenvalue weighted by molar-refractivity contribution is 1.17. The highest BCUT2D eigenvalue weighted by molar-refractivity contribution is 9.11. The SMILES string of the molecule is Cc1cc(Br)ccc1C(Br)c1cc(Br)c(C)s1. The van der Waals surface area contributed by atoms with Crippen LogP contribution in [0.25, 0.3) is 0 Å². The van der Waals surface area contributed by atoms with Gasteiger partial charge in [0.05, 0.1) is 4.83 Å². The van der Waals surface area contributed by atoms with Crippen molar-refractivity contribution in [3.63, 3.8) is 0 Å². The average molecular weight is 439 g/mol. The first kappa shape index (κ1) is 13.8. The number of halogens is 3. The molecule has 4 heteroatoms. The second-order valence-electron chi connectivity index (χ2n) is 3.92. The Morgan fingerprint density at radius 3 is 2.35 bits per heavy atom. The van der Waals surface area contributed by atoms with Gasteiger partial charge in [-0.1, -0.05) is 37.9 Å². The largest absolute Gasteiger partial charge is 0.143 e. The van der Waals surface area contributed by atoms with Crippen molar-refractivity contribution in [2.24, 2.45) is 0 Å². The van der Waals surface area contributed by atoms with Gasteiger partial charge in [0.1, 0.15) is 0 Å². The molecule has 0 fully saturated rings. The predicted molar refractivity (Wildman–Crippen MR) is 86.4 cm³/mol. The molecule has 1 unspecified atom stereocenters. The predicted octanol–water partition coefficient (Wildman–Crippen LogP) is 6.37. The van der Waals surface area contributed by atoms with Gasteiger partial charge in [0.2, 0.25) is 0 Å². The fourth-order valence-corrected chi connectivity index (χ4v) is 4.64. The number of alkyl halides is 1. The zero-order valence-corrected chi connectivity index (χ0v) is 15.0. The van der Waals surface area contributed by atoms with Crippen molar-refractivity contribution >= 4 is 59.1 Å². The van der Waals surface area contributed by atoms with Crippen molar-refractivity contribution in [1.82, 2.24) is 0 Å². The number of benzene rings is 1. The van der Waals surface area contributed by atoms with Crippen molar-refractivity contribution < 1.29 is 0 Å². The first-order valence-corrected chi connectivity index (χ1v) is 8.47. The maximum atomic E-state index is 3.79. The Labute approximate surface area is 131 Å². The summed E-state index contributed by atoms with van der Waals surface area (Å²) in [7, 11) is 0. The molecule has 0 amide bonds. The van der Waals surface area contributed by atoms with Gasteiger partial charge in [-0.05, 0) is 59.1 Å². The zero-order chi connectivity index (χ0) is 12.6.